The molecular formula is C15H17FN6O. The Hall–Kier alpha value is -2.61. The largest absolute Gasteiger partial charge is 0.396 e. The molecule has 3 rings (SSSR count). The van der Waals surface area contributed by atoms with Crippen molar-refractivity contribution in [1.82, 2.24) is 25.0 Å². The molecule has 2 aromatic heterocycles. The molecule has 0 aliphatic heterocycles. The molecular weight excluding hydrogens is 299 g/mol. The minimum absolute atomic E-state index is 0.0974. The first-order valence-electron chi connectivity index (χ1n) is 7.35. The van der Waals surface area contributed by atoms with Crippen LogP contribution in [0.15, 0.2) is 24.3 Å². The summed E-state index contributed by atoms with van der Waals surface area (Å²) in [7, 11) is 0. The molecule has 8 heteroatoms. The van der Waals surface area contributed by atoms with Crippen LogP contribution in [0.25, 0.3) is 11.2 Å². The molecule has 0 aliphatic rings. The number of rotatable bonds is 6. The van der Waals surface area contributed by atoms with Crippen LogP contribution in [-0.2, 0) is 6.54 Å². The van der Waals surface area contributed by atoms with Crippen LogP contribution in [0.1, 0.15) is 17.8 Å². The Balaban J connectivity index is 1.95. The van der Waals surface area contributed by atoms with Crippen LogP contribution in [0.3, 0.4) is 0 Å². The highest BCUT2D eigenvalue weighted by molar-refractivity contribution is 5.82. The van der Waals surface area contributed by atoms with Gasteiger partial charge in [-0.15, -0.1) is 5.10 Å². The maximum atomic E-state index is 13.8. The van der Waals surface area contributed by atoms with Gasteiger partial charge in [0.05, 0.1) is 6.54 Å². The fraction of sp³-hybridized carbons (Fsp3) is 0.333. The zero-order chi connectivity index (χ0) is 16.2. The number of anilines is 1. The number of hydrogen-bond donors (Lipinski definition) is 2. The van der Waals surface area contributed by atoms with Crippen molar-refractivity contribution in [3.63, 3.8) is 0 Å². The van der Waals surface area contributed by atoms with Crippen molar-refractivity contribution in [3.8, 4) is 0 Å². The zero-order valence-electron chi connectivity index (χ0n) is 12.7. The van der Waals surface area contributed by atoms with Crippen molar-refractivity contribution in [2.75, 3.05) is 18.5 Å². The fourth-order valence-corrected chi connectivity index (χ4v) is 2.27. The lowest BCUT2D eigenvalue weighted by atomic mass is 10.2. The molecule has 0 aliphatic carbocycles. The molecule has 0 unspecified atom stereocenters. The second kappa shape index (κ2) is 6.66. The molecule has 0 saturated heterocycles. The van der Waals surface area contributed by atoms with Crippen molar-refractivity contribution in [3.05, 3.63) is 41.5 Å². The number of halogens is 1. The van der Waals surface area contributed by atoms with Crippen molar-refractivity contribution >= 4 is 17.0 Å². The summed E-state index contributed by atoms with van der Waals surface area (Å²) in [5.41, 5.74) is 1.60. The van der Waals surface area contributed by atoms with E-state index < -0.39 is 0 Å². The summed E-state index contributed by atoms with van der Waals surface area (Å²) < 4.78 is 15.4. The molecule has 23 heavy (non-hydrogen) atoms. The lowest BCUT2D eigenvalue weighted by Crippen LogP contribution is -2.08. The highest BCUT2D eigenvalue weighted by Gasteiger charge is 2.14. The number of hydrogen-bond acceptors (Lipinski definition) is 6. The number of nitrogens with one attached hydrogen (secondary N) is 1. The molecule has 0 saturated carbocycles. The summed E-state index contributed by atoms with van der Waals surface area (Å²) in [6.45, 7) is 2.69. The van der Waals surface area contributed by atoms with Gasteiger partial charge in [0.2, 0.25) is 0 Å². The highest BCUT2D eigenvalue weighted by Crippen LogP contribution is 2.19. The topological polar surface area (TPSA) is 88.8 Å². The van der Waals surface area contributed by atoms with E-state index in [-0.39, 0.29) is 19.0 Å². The first-order chi connectivity index (χ1) is 11.2. The average Bonchev–Trinajstić information content (AvgIpc) is 2.93. The number of aliphatic hydroxyl groups is 1. The molecule has 7 nitrogen and oxygen atoms in total. The van der Waals surface area contributed by atoms with Crippen LogP contribution in [0.2, 0.25) is 0 Å². The molecule has 0 atom stereocenters. The van der Waals surface area contributed by atoms with Gasteiger partial charge in [-0.3, -0.25) is 0 Å². The Labute approximate surface area is 132 Å². The summed E-state index contributed by atoms with van der Waals surface area (Å²) in [5.74, 6) is 0.852. The Morgan fingerprint density at radius 2 is 2.09 bits per heavy atom. The van der Waals surface area contributed by atoms with Gasteiger partial charge in [0.1, 0.15) is 11.6 Å². The standard InChI is InChI=1S/C15H17FN6O/c1-10-18-14(17-7-4-8-23)13-15(19-10)22(21-20-13)9-11-5-2-3-6-12(11)16/h2-3,5-6,23H,4,7-9H2,1H3,(H,17,18,19). The van der Waals surface area contributed by atoms with E-state index in [1.165, 1.54) is 6.07 Å². The van der Waals surface area contributed by atoms with Crippen LogP contribution >= 0.6 is 0 Å². The third-order valence-electron chi connectivity index (χ3n) is 3.38. The second-order valence-electron chi connectivity index (χ2n) is 5.13. The molecule has 0 fully saturated rings. The smallest absolute Gasteiger partial charge is 0.184 e. The number of aliphatic hydroxyl groups excluding tert-OH is 1. The van der Waals surface area contributed by atoms with Crippen molar-refractivity contribution < 1.29 is 9.50 Å². The predicted molar refractivity (Wildman–Crippen MR) is 83.5 cm³/mol. The van der Waals surface area contributed by atoms with Gasteiger partial charge in [0, 0.05) is 18.7 Å². The lowest BCUT2D eigenvalue weighted by molar-refractivity contribution is 0.292. The third kappa shape index (κ3) is 3.26. The van der Waals surface area contributed by atoms with E-state index >= 15 is 0 Å². The average molecular weight is 316 g/mol. The minimum Gasteiger partial charge on any atom is -0.396 e. The predicted octanol–water partition coefficient (Wildman–Crippen LogP) is 1.51. The van der Waals surface area contributed by atoms with Crippen molar-refractivity contribution in [1.29, 1.82) is 0 Å². The van der Waals surface area contributed by atoms with Gasteiger partial charge in [-0.2, -0.15) is 0 Å². The molecule has 2 N–H and O–H groups in total. The SMILES string of the molecule is Cc1nc(NCCCO)c2nnn(Cc3ccccc3F)c2n1. The van der Waals surface area contributed by atoms with Gasteiger partial charge in [-0.05, 0) is 19.4 Å². The first-order valence-corrected chi connectivity index (χ1v) is 7.35. The zero-order valence-corrected chi connectivity index (χ0v) is 12.7. The lowest BCUT2D eigenvalue weighted by Gasteiger charge is -2.07. The normalized spacial score (nSPS) is 11.1. The van der Waals surface area contributed by atoms with Gasteiger partial charge in [0.25, 0.3) is 0 Å². The maximum Gasteiger partial charge on any atom is 0.184 e. The number of aryl methyl sites for hydroxylation is 1. The van der Waals surface area contributed by atoms with E-state index in [2.05, 4.69) is 25.6 Å². The quantitative estimate of drug-likeness (QED) is 0.670. The molecule has 0 radical (unpaired) electrons. The number of fused-ring (bicyclic) bond motifs is 1. The van der Waals surface area contributed by atoms with Crippen LogP contribution in [0.4, 0.5) is 10.2 Å². The molecule has 0 spiro atoms. The molecule has 0 bridgehead atoms. The van der Waals surface area contributed by atoms with E-state index in [1.807, 2.05) is 0 Å². The maximum absolute atomic E-state index is 13.8. The van der Waals surface area contributed by atoms with Gasteiger partial charge >= 0.3 is 0 Å². The van der Waals surface area contributed by atoms with E-state index in [0.717, 1.165) is 0 Å². The minimum atomic E-state index is -0.289. The Kier molecular flexibility index (Phi) is 4.42. The van der Waals surface area contributed by atoms with Crippen LogP contribution < -0.4 is 5.32 Å². The van der Waals surface area contributed by atoms with Crippen molar-refractivity contribution in [2.24, 2.45) is 0 Å². The molecule has 3 aromatic rings. The number of nitrogens with zero attached hydrogens (tertiary/aromatic N) is 5. The van der Waals surface area contributed by atoms with E-state index in [1.54, 1.807) is 29.8 Å². The highest BCUT2D eigenvalue weighted by atomic mass is 19.1. The molecule has 0 amide bonds. The Morgan fingerprint density at radius 1 is 1.26 bits per heavy atom. The van der Waals surface area contributed by atoms with Gasteiger partial charge in [-0.1, -0.05) is 23.4 Å². The third-order valence-corrected chi connectivity index (χ3v) is 3.38. The molecule has 1 aromatic carbocycles. The summed E-state index contributed by atoms with van der Waals surface area (Å²) in [6, 6.07) is 6.54. The number of benzene rings is 1. The van der Waals surface area contributed by atoms with Crippen LogP contribution in [0, 0.1) is 12.7 Å². The van der Waals surface area contributed by atoms with Crippen LogP contribution in [-0.4, -0.2) is 43.2 Å². The van der Waals surface area contributed by atoms with Crippen LogP contribution in [0.5, 0.6) is 0 Å². The van der Waals surface area contributed by atoms with E-state index in [4.69, 9.17) is 5.11 Å². The fourth-order valence-electron chi connectivity index (χ4n) is 2.27. The van der Waals surface area contributed by atoms with Gasteiger partial charge in [-0.25, -0.2) is 19.0 Å². The van der Waals surface area contributed by atoms with Gasteiger partial charge < -0.3 is 10.4 Å². The summed E-state index contributed by atoms with van der Waals surface area (Å²) in [4.78, 5) is 8.68. The first kappa shape index (κ1) is 15.3. The van der Waals surface area contributed by atoms with E-state index in [9.17, 15) is 4.39 Å². The van der Waals surface area contributed by atoms with E-state index in [0.29, 0.717) is 41.3 Å². The monoisotopic (exact) mass is 316 g/mol. The number of aromatic nitrogens is 5. The molecule has 2 heterocycles. The Bertz CT molecular complexity index is 819. The summed E-state index contributed by atoms with van der Waals surface area (Å²) in [6.07, 6.45) is 0.605. The van der Waals surface area contributed by atoms with Crippen molar-refractivity contribution in [2.45, 2.75) is 19.9 Å². The van der Waals surface area contributed by atoms with Gasteiger partial charge in [0.15, 0.2) is 17.0 Å². The Morgan fingerprint density at radius 3 is 2.87 bits per heavy atom. The summed E-state index contributed by atoms with van der Waals surface area (Å²) >= 11 is 0. The second-order valence-corrected chi connectivity index (χ2v) is 5.13. The summed E-state index contributed by atoms with van der Waals surface area (Å²) in [5, 5.41) is 20.2. The molecule has 120 valence electrons.